The van der Waals surface area contributed by atoms with Crippen LogP contribution in [0.1, 0.15) is 19.3 Å². The largest absolute Gasteiger partial charge is 0.449 e. The summed E-state index contributed by atoms with van der Waals surface area (Å²) in [6.45, 7) is 3.95. The summed E-state index contributed by atoms with van der Waals surface area (Å²) in [5, 5.41) is 2.93. The minimum absolute atomic E-state index is 0. The summed E-state index contributed by atoms with van der Waals surface area (Å²) in [6, 6.07) is 17.9. The molecule has 3 aliphatic heterocycles. The third-order valence-electron chi connectivity index (χ3n) is 5.63. The monoisotopic (exact) mass is 372 g/mol. The molecule has 138 valence electrons. The van der Waals surface area contributed by atoms with Gasteiger partial charge in [-0.05, 0) is 50.5 Å². The summed E-state index contributed by atoms with van der Waals surface area (Å²) < 4.78 is 5.63. The predicted octanol–water partition coefficient (Wildman–Crippen LogP) is 4.81. The number of benzene rings is 2. The van der Waals surface area contributed by atoms with E-state index in [4.69, 9.17) is 4.74 Å². The fourth-order valence-electron chi connectivity index (χ4n) is 3.94. The molecule has 0 aliphatic carbocycles. The van der Waals surface area contributed by atoms with Crippen molar-refractivity contribution in [3.63, 3.8) is 0 Å². The molecule has 0 atom stereocenters. The summed E-state index contributed by atoms with van der Waals surface area (Å²) in [5.41, 5.74) is 3.07. The Morgan fingerprint density at radius 3 is 2.27 bits per heavy atom. The number of anilines is 1. The number of hydrogen-bond acceptors (Lipinski definition) is 3. The Morgan fingerprint density at radius 2 is 1.58 bits per heavy atom. The quantitative estimate of drug-likeness (QED) is 0.837. The lowest BCUT2D eigenvalue weighted by molar-refractivity contribution is -0.0189. The molecule has 0 saturated carbocycles. The standard InChI is InChI=1S/C21H24N2O2.ClH/c24-20(25-16-21-10-13-23(14-11-21)15-12-21)22-19-9-5-4-8-18(19)17-6-2-1-3-7-17;/h1-9H,10-16H2,(H,22,24);1H. The first-order valence-electron chi connectivity index (χ1n) is 9.05. The molecule has 5 heteroatoms. The molecule has 4 nitrogen and oxygen atoms in total. The van der Waals surface area contributed by atoms with Crippen molar-refractivity contribution in [1.29, 1.82) is 0 Å². The Kier molecular flexibility index (Phi) is 5.84. The molecule has 26 heavy (non-hydrogen) atoms. The zero-order valence-corrected chi connectivity index (χ0v) is 15.6. The number of nitrogens with one attached hydrogen (secondary N) is 1. The molecule has 0 radical (unpaired) electrons. The maximum absolute atomic E-state index is 12.4. The highest BCUT2D eigenvalue weighted by molar-refractivity contribution is 5.91. The Bertz CT molecular complexity index is 729. The van der Waals surface area contributed by atoms with E-state index in [1.165, 1.54) is 0 Å². The van der Waals surface area contributed by atoms with Gasteiger partial charge in [-0.3, -0.25) is 5.32 Å². The van der Waals surface area contributed by atoms with Gasteiger partial charge in [0.05, 0.1) is 12.3 Å². The summed E-state index contributed by atoms with van der Waals surface area (Å²) in [6.07, 6.45) is 3.06. The van der Waals surface area contributed by atoms with Crippen LogP contribution in [0.5, 0.6) is 0 Å². The number of para-hydroxylation sites is 1. The summed E-state index contributed by atoms with van der Waals surface area (Å²) >= 11 is 0. The third kappa shape index (κ3) is 4.02. The highest BCUT2D eigenvalue weighted by atomic mass is 35.5. The van der Waals surface area contributed by atoms with Crippen molar-refractivity contribution in [2.75, 3.05) is 31.6 Å². The molecule has 3 saturated heterocycles. The minimum atomic E-state index is -0.356. The van der Waals surface area contributed by atoms with E-state index >= 15 is 0 Å². The number of carbonyl (C=O) groups excluding carboxylic acids is 1. The number of halogens is 1. The molecule has 5 rings (SSSR count). The van der Waals surface area contributed by atoms with Crippen LogP contribution in [0.3, 0.4) is 0 Å². The van der Waals surface area contributed by atoms with Gasteiger partial charge in [-0.1, -0.05) is 48.5 Å². The molecule has 0 spiro atoms. The van der Waals surface area contributed by atoms with Crippen LogP contribution in [0.4, 0.5) is 10.5 Å². The number of ether oxygens (including phenoxy) is 1. The first-order valence-corrected chi connectivity index (χ1v) is 9.05. The summed E-state index contributed by atoms with van der Waals surface area (Å²) in [5.74, 6) is 0. The fraction of sp³-hybridized carbons (Fsp3) is 0.381. The van der Waals surface area contributed by atoms with E-state index in [1.54, 1.807) is 0 Å². The average molecular weight is 373 g/mol. The van der Waals surface area contributed by atoms with Crippen molar-refractivity contribution < 1.29 is 9.53 Å². The van der Waals surface area contributed by atoms with Crippen LogP contribution in [-0.4, -0.2) is 37.2 Å². The number of amides is 1. The number of fused-ring (bicyclic) bond motifs is 3. The van der Waals surface area contributed by atoms with Gasteiger partial charge in [-0.25, -0.2) is 4.79 Å². The van der Waals surface area contributed by atoms with Crippen molar-refractivity contribution >= 4 is 24.2 Å². The number of piperidine rings is 3. The van der Waals surface area contributed by atoms with Gasteiger partial charge in [0.25, 0.3) is 0 Å². The summed E-state index contributed by atoms with van der Waals surface area (Å²) in [7, 11) is 0. The van der Waals surface area contributed by atoms with Crippen LogP contribution >= 0.6 is 12.4 Å². The predicted molar refractivity (Wildman–Crippen MR) is 107 cm³/mol. The lowest BCUT2D eigenvalue weighted by atomic mass is 9.73. The number of nitrogens with zero attached hydrogens (tertiary/aromatic N) is 1. The van der Waals surface area contributed by atoms with Crippen LogP contribution in [0.25, 0.3) is 11.1 Å². The van der Waals surface area contributed by atoms with Crippen molar-refractivity contribution in [1.82, 2.24) is 4.90 Å². The zero-order chi connectivity index (χ0) is 17.1. The van der Waals surface area contributed by atoms with Gasteiger partial charge in [-0.15, -0.1) is 12.4 Å². The van der Waals surface area contributed by atoms with Crippen LogP contribution in [-0.2, 0) is 4.74 Å². The van der Waals surface area contributed by atoms with E-state index in [0.717, 1.165) is 55.7 Å². The second-order valence-corrected chi connectivity index (χ2v) is 7.20. The maximum Gasteiger partial charge on any atom is 0.411 e. The van der Waals surface area contributed by atoms with Gasteiger partial charge in [0.1, 0.15) is 0 Å². The molecule has 2 bridgehead atoms. The molecule has 0 unspecified atom stereocenters. The molecule has 2 aromatic rings. The molecule has 3 heterocycles. The van der Waals surface area contributed by atoms with Crippen LogP contribution < -0.4 is 5.32 Å². The molecular weight excluding hydrogens is 348 g/mol. The number of rotatable bonds is 4. The summed E-state index contributed by atoms with van der Waals surface area (Å²) in [4.78, 5) is 14.9. The molecule has 1 amide bonds. The fourth-order valence-corrected chi connectivity index (χ4v) is 3.94. The highest BCUT2D eigenvalue weighted by Gasteiger charge is 2.40. The first-order chi connectivity index (χ1) is 12.2. The first kappa shape index (κ1) is 18.7. The van der Waals surface area contributed by atoms with Gasteiger partial charge in [-0.2, -0.15) is 0 Å². The lowest BCUT2D eigenvalue weighted by Crippen LogP contribution is -2.50. The van der Waals surface area contributed by atoms with Gasteiger partial charge in [0.15, 0.2) is 0 Å². The van der Waals surface area contributed by atoms with E-state index < -0.39 is 0 Å². The lowest BCUT2D eigenvalue weighted by Gasteiger charge is -2.47. The highest BCUT2D eigenvalue weighted by Crippen LogP contribution is 2.40. The van der Waals surface area contributed by atoms with Crippen molar-refractivity contribution in [3.05, 3.63) is 54.6 Å². The second-order valence-electron chi connectivity index (χ2n) is 7.20. The Labute approximate surface area is 160 Å². The molecule has 1 N–H and O–H groups in total. The smallest absolute Gasteiger partial charge is 0.411 e. The molecule has 2 aromatic carbocycles. The van der Waals surface area contributed by atoms with Crippen molar-refractivity contribution in [3.8, 4) is 11.1 Å². The van der Waals surface area contributed by atoms with Crippen molar-refractivity contribution in [2.24, 2.45) is 5.41 Å². The Balaban J connectivity index is 0.00000196. The molecule has 3 aliphatic rings. The Morgan fingerprint density at radius 1 is 0.962 bits per heavy atom. The van der Waals surface area contributed by atoms with Gasteiger partial charge in [0, 0.05) is 11.0 Å². The van der Waals surface area contributed by atoms with Crippen LogP contribution in [0.15, 0.2) is 54.6 Å². The van der Waals surface area contributed by atoms with E-state index in [0.29, 0.717) is 6.61 Å². The molecule has 0 aromatic heterocycles. The van der Waals surface area contributed by atoms with Gasteiger partial charge >= 0.3 is 6.09 Å². The van der Waals surface area contributed by atoms with Crippen molar-refractivity contribution in [2.45, 2.75) is 19.3 Å². The van der Waals surface area contributed by atoms with Gasteiger partial charge in [0.2, 0.25) is 0 Å². The van der Waals surface area contributed by atoms with E-state index in [-0.39, 0.29) is 23.9 Å². The SMILES string of the molecule is Cl.O=C(Nc1ccccc1-c1ccccc1)OCC12CCN(CC1)CC2. The minimum Gasteiger partial charge on any atom is -0.449 e. The maximum atomic E-state index is 12.4. The molecule has 3 fully saturated rings. The third-order valence-corrected chi connectivity index (χ3v) is 5.63. The van der Waals surface area contributed by atoms with E-state index in [9.17, 15) is 4.79 Å². The topological polar surface area (TPSA) is 41.6 Å². The normalized spacial score (nSPS) is 23.8. The van der Waals surface area contributed by atoms with Crippen LogP contribution in [0.2, 0.25) is 0 Å². The second kappa shape index (κ2) is 8.11. The van der Waals surface area contributed by atoms with E-state index in [2.05, 4.69) is 10.2 Å². The zero-order valence-electron chi connectivity index (χ0n) is 14.8. The average Bonchev–Trinajstić information content (AvgIpc) is 2.69. The van der Waals surface area contributed by atoms with Gasteiger partial charge < -0.3 is 9.64 Å². The van der Waals surface area contributed by atoms with Crippen LogP contribution in [0, 0.1) is 5.41 Å². The van der Waals surface area contributed by atoms with E-state index in [1.807, 2.05) is 54.6 Å². The number of hydrogen-bond donors (Lipinski definition) is 1. The Hall–Kier alpha value is -2.04. The molecular formula is C21H25ClN2O2. The number of carbonyl (C=O) groups is 1.